The van der Waals surface area contributed by atoms with Gasteiger partial charge in [0.15, 0.2) is 0 Å². The van der Waals surface area contributed by atoms with Gasteiger partial charge < -0.3 is 0 Å². The molecule has 0 atom stereocenters. The Morgan fingerprint density at radius 3 is 2.28 bits per heavy atom. The van der Waals surface area contributed by atoms with E-state index in [1.807, 2.05) is 44.2 Å². The van der Waals surface area contributed by atoms with Crippen LogP contribution in [0.5, 0.6) is 0 Å². The summed E-state index contributed by atoms with van der Waals surface area (Å²) in [7, 11) is -3.61. The molecule has 0 aliphatic carbocycles. The topological polar surface area (TPSA) is 52.0 Å². The van der Waals surface area contributed by atoms with Gasteiger partial charge in [0, 0.05) is 12.6 Å². The molecule has 2 aromatic carbocycles. The van der Waals surface area contributed by atoms with E-state index in [-0.39, 0.29) is 0 Å². The fourth-order valence-corrected chi connectivity index (χ4v) is 4.17. The number of imidazole rings is 1. The number of benzene rings is 2. The standard InChI is InChI=1S/C20H22N2O2S/c1-3-20-21-18(12-11-17-7-5-4-6-8-17)15-22(20)25(23,24)19-13-9-16(2)10-14-19/h4-10,13-15H,3,11-12H2,1-2H3. The van der Waals surface area contributed by atoms with Crippen molar-refractivity contribution in [2.45, 2.75) is 38.0 Å². The number of aromatic nitrogens is 2. The van der Waals surface area contributed by atoms with Crippen molar-refractivity contribution in [1.82, 2.24) is 8.96 Å². The van der Waals surface area contributed by atoms with Crippen LogP contribution in [0.4, 0.5) is 0 Å². The van der Waals surface area contributed by atoms with Gasteiger partial charge in [0.1, 0.15) is 5.82 Å². The molecule has 0 aliphatic rings. The Bertz CT molecular complexity index is 943. The maximum atomic E-state index is 12.9. The van der Waals surface area contributed by atoms with Gasteiger partial charge in [-0.3, -0.25) is 0 Å². The molecule has 0 N–H and O–H groups in total. The lowest BCUT2D eigenvalue weighted by molar-refractivity contribution is 0.584. The predicted octanol–water partition coefficient (Wildman–Crippen LogP) is 3.78. The molecule has 130 valence electrons. The zero-order chi connectivity index (χ0) is 17.9. The Kier molecular flexibility index (Phi) is 5.04. The monoisotopic (exact) mass is 354 g/mol. The number of hydrogen-bond acceptors (Lipinski definition) is 3. The van der Waals surface area contributed by atoms with Crippen molar-refractivity contribution in [3.05, 3.63) is 83.4 Å². The summed E-state index contributed by atoms with van der Waals surface area (Å²) in [5, 5.41) is 0. The van der Waals surface area contributed by atoms with E-state index in [0.29, 0.717) is 23.6 Å². The van der Waals surface area contributed by atoms with Crippen molar-refractivity contribution in [3.8, 4) is 0 Å². The maximum Gasteiger partial charge on any atom is 0.269 e. The summed E-state index contributed by atoms with van der Waals surface area (Å²) < 4.78 is 27.2. The quantitative estimate of drug-likeness (QED) is 0.677. The minimum absolute atomic E-state index is 0.291. The molecule has 0 saturated carbocycles. The van der Waals surface area contributed by atoms with Crippen LogP contribution < -0.4 is 0 Å². The van der Waals surface area contributed by atoms with Gasteiger partial charge in [0.05, 0.1) is 10.6 Å². The minimum atomic E-state index is -3.61. The van der Waals surface area contributed by atoms with E-state index < -0.39 is 10.0 Å². The smallest absolute Gasteiger partial charge is 0.237 e. The van der Waals surface area contributed by atoms with Crippen LogP contribution in [0.25, 0.3) is 0 Å². The first-order valence-electron chi connectivity index (χ1n) is 8.44. The van der Waals surface area contributed by atoms with E-state index in [1.165, 1.54) is 9.54 Å². The number of rotatable bonds is 6. The summed E-state index contributed by atoms with van der Waals surface area (Å²) in [6.07, 6.45) is 3.78. The highest BCUT2D eigenvalue weighted by Crippen LogP contribution is 2.18. The lowest BCUT2D eigenvalue weighted by atomic mass is 10.1. The van der Waals surface area contributed by atoms with Crippen molar-refractivity contribution >= 4 is 10.0 Å². The second kappa shape index (κ2) is 7.23. The highest BCUT2D eigenvalue weighted by Gasteiger charge is 2.21. The van der Waals surface area contributed by atoms with E-state index in [4.69, 9.17) is 0 Å². The van der Waals surface area contributed by atoms with E-state index in [0.717, 1.165) is 17.7 Å². The molecule has 3 rings (SSSR count). The highest BCUT2D eigenvalue weighted by molar-refractivity contribution is 7.90. The zero-order valence-electron chi connectivity index (χ0n) is 14.5. The maximum absolute atomic E-state index is 12.9. The molecule has 0 saturated heterocycles. The summed E-state index contributed by atoms with van der Waals surface area (Å²) in [4.78, 5) is 4.83. The van der Waals surface area contributed by atoms with Crippen molar-refractivity contribution in [3.63, 3.8) is 0 Å². The first kappa shape index (κ1) is 17.4. The van der Waals surface area contributed by atoms with Crippen LogP contribution >= 0.6 is 0 Å². The molecule has 0 spiro atoms. The fraction of sp³-hybridized carbons (Fsp3) is 0.250. The van der Waals surface area contributed by atoms with E-state index >= 15 is 0 Å². The molecule has 1 aromatic heterocycles. The van der Waals surface area contributed by atoms with Gasteiger partial charge in [-0.15, -0.1) is 0 Å². The molecule has 5 heteroatoms. The van der Waals surface area contributed by atoms with Crippen molar-refractivity contribution in [2.24, 2.45) is 0 Å². The molecule has 0 aliphatic heterocycles. The predicted molar refractivity (Wildman–Crippen MR) is 99.2 cm³/mol. The van der Waals surface area contributed by atoms with Crippen molar-refractivity contribution in [1.29, 1.82) is 0 Å². The molecule has 0 radical (unpaired) electrons. The van der Waals surface area contributed by atoms with Gasteiger partial charge in [-0.25, -0.2) is 17.4 Å². The molecule has 4 nitrogen and oxygen atoms in total. The third-order valence-electron chi connectivity index (χ3n) is 4.20. The van der Waals surface area contributed by atoms with Gasteiger partial charge >= 0.3 is 0 Å². The van der Waals surface area contributed by atoms with Gasteiger partial charge in [-0.05, 0) is 37.5 Å². The fourth-order valence-electron chi connectivity index (χ4n) is 2.76. The Morgan fingerprint density at radius 1 is 0.960 bits per heavy atom. The molecule has 25 heavy (non-hydrogen) atoms. The summed E-state index contributed by atoms with van der Waals surface area (Å²) in [6.45, 7) is 3.86. The van der Waals surface area contributed by atoms with E-state index in [1.54, 1.807) is 18.3 Å². The number of hydrogen-bond donors (Lipinski definition) is 0. The number of nitrogens with zero attached hydrogens (tertiary/aromatic N) is 2. The third kappa shape index (κ3) is 3.82. The molecular formula is C20H22N2O2S. The third-order valence-corrected chi connectivity index (χ3v) is 5.90. The van der Waals surface area contributed by atoms with Crippen LogP contribution in [-0.2, 0) is 29.3 Å². The summed E-state index contributed by atoms with van der Waals surface area (Å²) >= 11 is 0. The van der Waals surface area contributed by atoms with E-state index in [9.17, 15) is 8.42 Å². The zero-order valence-corrected chi connectivity index (χ0v) is 15.3. The van der Waals surface area contributed by atoms with Crippen LogP contribution in [0.15, 0.2) is 65.7 Å². The van der Waals surface area contributed by atoms with Crippen LogP contribution in [0.1, 0.15) is 29.6 Å². The van der Waals surface area contributed by atoms with Crippen LogP contribution in [0.3, 0.4) is 0 Å². The van der Waals surface area contributed by atoms with Crippen molar-refractivity contribution < 1.29 is 8.42 Å². The van der Waals surface area contributed by atoms with Gasteiger partial charge in [0.25, 0.3) is 10.0 Å². The Balaban J connectivity index is 1.88. The molecule has 3 aromatic rings. The molecule has 0 bridgehead atoms. The second-order valence-electron chi connectivity index (χ2n) is 6.10. The first-order chi connectivity index (χ1) is 12.0. The first-order valence-corrected chi connectivity index (χ1v) is 9.88. The average Bonchev–Trinajstić information content (AvgIpc) is 3.05. The van der Waals surface area contributed by atoms with Crippen LogP contribution in [-0.4, -0.2) is 17.4 Å². The Labute approximate surface area is 149 Å². The number of aryl methyl sites for hydroxylation is 4. The lowest BCUT2D eigenvalue weighted by Gasteiger charge is -2.08. The van der Waals surface area contributed by atoms with E-state index in [2.05, 4.69) is 17.1 Å². The summed E-state index contributed by atoms with van der Waals surface area (Å²) in [6, 6.07) is 17.1. The van der Waals surface area contributed by atoms with Gasteiger partial charge in [-0.2, -0.15) is 0 Å². The van der Waals surface area contributed by atoms with Crippen molar-refractivity contribution in [2.75, 3.05) is 0 Å². The average molecular weight is 354 g/mol. The summed E-state index contributed by atoms with van der Waals surface area (Å²) in [5.74, 6) is 0.573. The Morgan fingerprint density at radius 2 is 1.64 bits per heavy atom. The Hall–Kier alpha value is -2.40. The molecule has 0 unspecified atom stereocenters. The molecule has 0 fully saturated rings. The second-order valence-corrected chi connectivity index (χ2v) is 7.92. The normalized spacial score (nSPS) is 11.6. The molecule has 0 amide bonds. The highest BCUT2D eigenvalue weighted by atomic mass is 32.2. The van der Waals surface area contributed by atoms with Gasteiger partial charge in [0.2, 0.25) is 0 Å². The van der Waals surface area contributed by atoms with Crippen LogP contribution in [0, 0.1) is 6.92 Å². The SMILES string of the molecule is CCc1nc(CCc2ccccc2)cn1S(=O)(=O)c1ccc(C)cc1. The summed E-state index contributed by atoms with van der Waals surface area (Å²) in [5.41, 5.74) is 3.05. The van der Waals surface area contributed by atoms with Gasteiger partial charge in [-0.1, -0.05) is 55.0 Å². The molecular weight excluding hydrogens is 332 g/mol. The van der Waals surface area contributed by atoms with Crippen LogP contribution in [0.2, 0.25) is 0 Å². The minimum Gasteiger partial charge on any atom is -0.237 e. The largest absolute Gasteiger partial charge is 0.269 e. The lowest BCUT2D eigenvalue weighted by Crippen LogP contribution is -2.15. The molecule has 1 heterocycles.